The van der Waals surface area contributed by atoms with Crippen LogP contribution < -0.4 is 5.32 Å². The van der Waals surface area contributed by atoms with Gasteiger partial charge in [-0.25, -0.2) is 4.79 Å². The Kier molecular flexibility index (Phi) is 5.87. The SMILES string of the molecule is CC1C(NCC(O)c2cnn(C)c2)CCCN1C(=O)OC(C)(C)C. The van der Waals surface area contributed by atoms with Gasteiger partial charge in [0.2, 0.25) is 0 Å². The first-order valence-electron chi connectivity index (χ1n) is 8.57. The van der Waals surface area contributed by atoms with Gasteiger partial charge in [0.15, 0.2) is 0 Å². The fourth-order valence-electron chi connectivity index (χ4n) is 2.99. The fraction of sp³-hybridized carbons (Fsp3) is 0.765. The first-order valence-corrected chi connectivity index (χ1v) is 8.57. The van der Waals surface area contributed by atoms with Gasteiger partial charge in [0.05, 0.1) is 12.3 Å². The van der Waals surface area contributed by atoms with Gasteiger partial charge in [-0.15, -0.1) is 0 Å². The average Bonchev–Trinajstić information content (AvgIpc) is 2.90. The molecule has 3 unspecified atom stereocenters. The third kappa shape index (κ3) is 4.95. The molecule has 2 heterocycles. The quantitative estimate of drug-likeness (QED) is 0.875. The molecule has 2 N–H and O–H groups in total. The van der Waals surface area contributed by atoms with Crippen molar-refractivity contribution in [3.63, 3.8) is 0 Å². The summed E-state index contributed by atoms with van der Waals surface area (Å²) < 4.78 is 7.17. The topological polar surface area (TPSA) is 79.6 Å². The van der Waals surface area contributed by atoms with E-state index in [2.05, 4.69) is 10.4 Å². The number of aromatic nitrogens is 2. The van der Waals surface area contributed by atoms with Crippen LogP contribution in [0.25, 0.3) is 0 Å². The zero-order chi connectivity index (χ0) is 17.9. The van der Waals surface area contributed by atoms with Crippen molar-refractivity contribution in [3.8, 4) is 0 Å². The Morgan fingerprint density at radius 3 is 2.83 bits per heavy atom. The van der Waals surface area contributed by atoms with Crippen molar-refractivity contribution in [2.24, 2.45) is 7.05 Å². The molecule has 1 aromatic heterocycles. The van der Waals surface area contributed by atoms with Crippen molar-refractivity contribution in [2.75, 3.05) is 13.1 Å². The molecule has 0 radical (unpaired) electrons. The number of rotatable bonds is 4. The molecule has 1 aliphatic heterocycles. The summed E-state index contributed by atoms with van der Waals surface area (Å²) in [5.74, 6) is 0. The standard InChI is InChI=1S/C17H30N4O3/c1-12-14(18-10-15(22)13-9-19-20(5)11-13)7-6-8-21(12)16(23)24-17(2,3)4/h9,11-12,14-15,18,22H,6-8,10H2,1-5H3. The second kappa shape index (κ2) is 7.53. The number of piperidine rings is 1. The van der Waals surface area contributed by atoms with E-state index >= 15 is 0 Å². The van der Waals surface area contributed by atoms with Crippen molar-refractivity contribution in [1.29, 1.82) is 0 Å². The summed E-state index contributed by atoms with van der Waals surface area (Å²) >= 11 is 0. The van der Waals surface area contributed by atoms with Gasteiger partial charge in [-0.1, -0.05) is 0 Å². The maximum absolute atomic E-state index is 12.3. The molecule has 0 saturated carbocycles. The smallest absolute Gasteiger partial charge is 0.410 e. The Labute approximate surface area is 144 Å². The lowest BCUT2D eigenvalue weighted by Gasteiger charge is -2.40. The molecular weight excluding hydrogens is 308 g/mol. The summed E-state index contributed by atoms with van der Waals surface area (Å²) in [6.07, 6.45) is 4.50. The highest BCUT2D eigenvalue weighted by Crippen LogP contribution is 2.21. The Morgan fingerprint density at radius 1 is 1.54 bits per heavy atom. The summed E-state index contributed by atoms with van der Waals surface area (Å²) in [6.45, 7) is 8.79. The maximum Gasteiger partial charge on any atom is 0.410 e. The summed E-state index contributed by atoms with van der Waals surface area (Å²) in [5, 5.41) is 17.7. The van der Waals surface area contributed by atoms with Gasteiger partial charge in [0, 0.05) is 44.0 Å². The predicted octanol–water partition coefficient (Wildman–Crippen LogP) is 1.83. The first kappa shape index (κ1) is 18.7. The highest BCUT2D eigenvalue weighted by Gasteiger charge is 2.33. The van der Waals surface area contributed by atoms with Gasteiger partial charge >= 0.3 is 6.09 Å². The second-order valence-corrected chi connectivity index (χ2v) is 7.53. The second-order valence-electron chi connectivity index (χ2n) is 7.53. The molecule has 1 amide bonds. The molecule has 1 aromatic rings. The predicted molar refractivity (Wildman–Crippen MR) is 91.6 cm³/mol. The van der Waals surface area contributed by atoms with Crippen LogP contribution in [0.5, 0.6) is 0 Å². The van der Waals surface area contributed by atoms with Gasteiger partial charge in [-0.2, -0.15) is 5.10 Å². The number of carbonyl (C=O) groups excluding carboxylic acids is 1. The zero-order valence-corrected chi connectivity index (χ0v) is 15.3. The zero-order valence-electron chi connectivity index (χ0n) is 15.3. The largest absolute Gasteiger partial charge is 0.444 e. The number of aliphatic hydroxyl groups is 1. The van der Waals surface area contributed by atoms with Crippen LogP contribution in [0.2, 0.25) is 0 Å². The lowest BCUT2D eigenvalue weighted by Crippen LogP contribution is -2.55. The Morgan fingerprint density at radius 2 is 2.25 bits per heavy atom. The van der Waals surface area contributed by atoms with E-state index in [4.69, 9.17) is 4.74 Å². The lowest BCUT2D eigenvalue weighted by molar-refractivity contribution is 0.00635. The van der Waals surface area contributed by atoms with E-state index < -0.39 is 11.7 Å². The Balaban J connectivity index is 1.90. The summed E-state index contributed by atoms with van der Waals surface area (Å²) in [5.41, 5.74) is 0.297. The molecule has 2 rings (SSSR count). The number of carbonyl (C=O) groups is 1. The molecule has 0 spiro atoms. The Hall–Kier alpha value is -1.60. The van der Waals surface area contributed by atoms with Crippen LogP contribution in [0.1, 0.15) is 52.2 Å². The number of hydrogen-bond acceptors (Lipinski definition) is 5. The number of hydrogen-bond donors (Lipinski definition) is 2. The van der Waals surface area contributed by atoms with Crippen molar-refractivity contribution in [2.45, 2.75) is 64.3 Å². The van der Waals surface area contributed by atoms with E-state index in [-0.39, 0.29) is 18.2 Å². The molecule has 3 atom stereocenters. The number of amides is 1. The van der Waals surface area contributed by atoms with E-state index in [1.54, 1.807) is 15.8 Å². The first-order chi connectivity index (χ1) is 11.2. The summed E-state index contributed by atoms with van der Waals surface area (Å²) in [4.78, 5) is 14.1. The maximum atomic E-state index is 12.3. The molecule has 1 aliphatic rings. The van der Waals surface area contributed by atoms with E-state index in [1.807, 2.05) is 40.9 Å². The van der Waals surface area contributed by atoms with E-state index in [0.29, 0.717) is 13.1 Å². The molecule has 136 valence electrons. The number of aryl methyl sites for hydroxylation is 1. The molecule has 0 bridgehead atoms. The molecule has 0 aliphatic carbocycles. The number of nitrogens with zero attached hydrogens (tertiary/aromatic N) is 3. The van der Waals surface area contributed by atoms with E-state index in [9.17, 15) is 9.90 Å². The van der Waals surface area contributed by atoms with Gasteiger partial charge in [-0.05, 0) is 40.5 Å². The van der Waals surface area contributed by atoms with Crippen LogP contribution in [-0.2, 0) is 11.8 Å². The minimum atomic E-state index is -0.609. The highest BCUT2D eigenvalue weighted by molar-refractivity contribution is 5.68. The fourth-order valence-corrected chi connectivity index (χ4v) is 2.99. The number of ether oxygens (including phenoxy) is 1. The molecule has 24 heavy (non-hydrogen) atoms. The third-order valence-corrected chi connectivity index (χ3v) is 4.30. The lowest BCUT2D eigenvalue weighted by atomic mass is 9.97. The van der Waals surface area contributed by atoms with E-state index in [1.165, 1.54) is 0 Å². The van der Waals surface area contributed by atoms with Crippen molar-refractivity contribution >= 4 is 6.09 Å². The average molecular weight is 338 g/mol. The minimum absolute atomic E-state index is 0.0229. The highest BCUT2D eigenvalue weighted by atomic mass is 16.6. The van der Waals surface area contributed by atoms with Gasteiger partial charge in [-0.3, -0.25) is 4.68 Å². The van der Waals surface area contributed by atoms with Gasteiger partial charge < -0.3 is 20.1 Å². The van der Waals surface area contributed by atoms with Crippen LogP contribution in [0.4, 0.5) is 4.79 Å². The molecular formula is C17H30N4O3. The molecule has 0 aromatic carbocycles. The minimum Gasteiger partial charge on any atom is -0.444 e. The van der Waals surface area contributed by atoms with Crippen LogP contribution in [0.3, 0.4) is 0 Å². The summed E-state index contributed by atoms with van der Waals surface area (Å²) in [6, 6.07) is 0.160. The van der Waals surface area contributed by atoms with Crippen LogP contribution >= 0.6 is 0 Å². The van der Waals surface area contributed by atoms with Crippen LogP contribution in [-0.4, -0.2) is 56.7 Å². The van der Waals surface area contributed by atoms with Crippen LogP contribution in [0, 0.1) is 0 Å². The van der Waals surface area contributed by atoms with Crippen molar-refractivity contribution in [3.05, 3.63) is 18.0 Å². The van der Waals surface area contributed by atoms with Gasteiger partial charge in [0.1, 0.15) is 5.60 Å². The third-order valence-electron chi connectivity index (χ3n) is 4.30. The Bertz CT molecular complexity index is 552. The number of nitrogens with one attached hydrogen (secondary N) is 1. The monoisotopic (exact) mass is 338 g/mol. The summed E-state index contributed by atoms with van der Waals surface area (Å²) in [7, 11) is 1.82. The molecule has 7 heteroatoms. The van der Waals surface area contributed by atoms with E-state index in [0.717, 1.165) is 18.4 Å². The van der Waals surface area contributed by atoms with Crippen LogP contribution in [0.15, 0.2) is 12.4 Å². The molecule has 1 fully saturated rings. The molecule has 1 saturated heterocycles. The number of aliphatic hydroxyl groups excluding tert-OH is 1. The molecule has 7 nitrogen and oxygen atoms in total. The van der Waals surface area contributed by atoms with Crippen molar-refractivity contribution < 1.29 is 14.6 Å². The normalized spacial score (nSPS) is 23.2. The van der Waals surface area contributed by atoms with Crippen molar-refractivity contribution in [1.82, 2.24) is 20.0 Å². The van der Waals surface area contributed by atoms with Gasteiger partial charge in [0.25, 0.3) is 0 Å². The number of likely N-dealkylation sites (tertiary alicyclic amines) is 1.